The molecule has 36 heavy (non-hydrogen) atoms. The number of unbranched alkanes of at least 4 members (excludes halogenated alkanes) is 4. The minimum Gasteiger partial charge on any atom is -0.324 e. The van der Waals surface area contributed by atoms with Crippen LogP contribution in [0.5, 0.6) is 0 Å². The van der Waals surface area contributed by atoms with Crippen LogP contribution in [0.4, 0.5) is 4.79 Å². The number of amides is 2. The van der Waals surface area contributed by atoms with Gasteiger partial charge in [0.05, 0.1) is 0 Å². The summed E-state index contributed by atoms with van der Waals surface area (Å²) in [5, 5.41) is 0. The molecule has 4 atom stereocenters. The van der Waals surface area contributed by atoms with Gasteiger partial charge in [-0.05, 0) is 49.4 Å². The van der Waals surface area contributed by atoms with Crippen molar-refractivity contribution in [3.8, 4) is 0 Å². The predicted octanol–water partition coefficient (Wildman–Crippen LogP) is 10.6. The minimum atomic E-state index is 0.352. The van der Waals surface area contributed by atoms with E-state index in [2.05, 4.69) is 65.2 Å². The summed E-state index contributed by atoms with van der Waals surface area (Å²) in [6.45, 7) is 22.3. The maximum Gasteiger partial charge on any atom is 0.320 e. The lowest BCUT2D eigenvalue weighted by Gasteiger charge is -2.38. The largest absolute Gasteiger partial charge is 0.324 e. The molecule has 0 bridgehead atoms. The van der Waals surface area contributed by atoms with Gasteiger partial charge >= 0.3 is 6.03 Å². The van der Waals surface area contributed by atoms with Crippen LogP contribution in [0.3, 0.4) is 0 Å². The van der Waals surface area contributed by atoms with Crippen LogP contribution in [0.15, 0.2) is 0 Å². The number of carbonyl (C=O) groups excluding carboxylic acids is 1. The number of hydrogen-bond donors (Lipinski definition) is 0. The lowest BCUT2D eigenvalue weighted by molar-refractivity contribution is 0.114. The number of urea groups is 1. The van der Waals surface area contributed by atoms with Gasteiger partial charge in [0.2, 0.25) is 0 Å². The summed E-state index contributed by atoms with van der Waals surface area (Å²) in [7, 11) is 0. The van der Waals surface area contributed by atoms with E-state index in [1.54, 1.807) is 0 Å². The highest BCUT2D eigenvalue weighted by Gasteiger charge is 2.28. The Balaban J connectivity index is 5.92. The molecule has 0 aliphatic rings. The first kappa shape index (κ1) is 35.3. The zero-order chi connectivity index (χ0) is 27.2. The van der Waals surface area contributed by atoms with Crippen molar-refractivity contribution in [2.75, 3.05) is 26.2 Å². The van der Waals surface area contributed by atoms with Crippen LogP contribution in [0.25, 0.3) is 0 Å². The third-order valence-corrected chi connectivity index (χ3v) is 8.63. The van der Waals surface area contributed by atoms with Gasteiger partial charge in [-0.15, -0.1) is 0 Å². The topological polar surface area (TPSA) is 23.6 Å². The average molecular weight is 509 g/mol. The maximum absolute atomic E-state index is 14.4. The highest BCUT2D eigenvalue weighted by Crippen LogP contribution is 2.24. The Morgan fingerprint density at radius 2 is 0.667 bits per heavy atom. The number of rotatable bonds is 24. The Bertz CT molecular complexity index is 416. The zero-order valence-electron chi connectivity index (χ0n) is 26.3. The molecular formula is C33H68N2O. The van der Waals surface area contributed by atoms with Gasteiger partial charge in [0.15, 0.2) is 0 Å². The summed E-state index contributed by atoms with van der Waals surface area (Å²) < 4.78 is 0. The van der Waals surface area contributed by atoms with E-state index in [-0.39, 0.29) is 0 Å². The van der Waals surface area contributed by atoms with Crippen LogP contribution < -0.4 is 0 Å². The normalized spacial score (nSPS) is 14.9. The van der Waals surface area contributed by atoms with Crippen molar-refractivity contribution >= 4 is 6.03 Å². The van der Waals surface area contributed by atoms with E-state index in [0.717, 1.165) is 26.2 Å². The van der Waals surface area contributed by atoms with Crippen LogP contribution in [0, 0.1) is 23.7 Å². The first-order valence-electron chi connectivity index (χ1n) is 16.5. The molecule has 3 nitrogen and oxygen atoms in total. The quantitative estimate of drug-likeness (QED) is 0.127. The monoisotopic (exact) mass is 509 g/mol. The van der Waals surface area contributed by atoms with Crippen molar-refractivity contribution in [1.29, 1.82) is 0 Å². The molecule has 0 spiro atoms. The van der Waals surface area contributed by atoms with Crippen LogP contribution >= 0.6 is 0 Å². The van der Waals surface area contributed by atoms with Crippen LogP contribution in [0.1, 0.15) is 158 Å². The van der Waals surface area contributed by atoms with E-state index in [4.69, 9.17) is 0 Å². The van der Waals surface area contributed by atoms with Crippen LogP contribution in [-0.4, -0.2) is 42.0 Å². The first-order valence-corrected chi connectivity index (χ1v) is 16.5. The molecule has 0 rings (SSSR count). The molecule has 0 aromatic heterocycles. The summed E-state index contributed by atoms with van der Waals surface area (Å²) in [5.41, 5.74) is 0. The third kappa shape index (κ3) is 15.5. The number of hydrogen-bond acceptors (Lipinski definition) is 1. The minimum absolute atomic E-state index is 0.352. The van der Waals surface area contributed by atoms with E-state index in [1.165, 1.54) is 103 Å². The smallest absolute Gasteiger partial charge is 0.320 e. The van der Waals surface area contributed by atoms with Gasteiger partial charge < -0.3 is 9.80 Å². The lowest BCUT2D eigenvalue weighted by Crippen LogP contribution is -2.49. The van der Waals surface area contributed by atoms with Crippen molar-refractivity contribution < 1.29 is 4.79 Å². The predicted molar refractivity (Wildman–Crippen MR) is 162 cm³/mol. The second-order valence-electron chi connectivity index (χ2n) is 11.8. The van der Waals surface area contributed by atoms with Gasteiger partial charge in [0, 0.05) is 26.2 Å². The Morgan fingerprint density at radius 3 is 0.833 bits per heavy atom. The van der Waals surface area contributed by atoms with Crippen molar-refractivity contribution in [3.05, 3.63) is 0 Å². The molecule has 2 amide bonds. The summed E-state index contributed by atoms with van der Waals surface area (Å²) in [4.78, 5) is 19.0. The fraction of sp³-hybridized carbons (Fsp3) is 0.970. The molecule has 3 heteroatoms. The molecule has 0 aromatic carbocycles. The highest BCUT2D eigenvalue weighted by atomic mass is 16.2. The Morgan fingerprint density at radius 1 is 0.444 bits per heavy atom. The van der Waals surface area contributed by atoms with E-state index in [1.807, 2.05) is 0 Å². The molecule has 0 fully saturated rings. The standard InChI is InChI=1S/C33H68N2O/c1-9-17-21-29(13-5)25-34(26-30(14-6)22-18-10-2)33(36)35(27-31(15-7)23-19-11-3)28-32(16-8)24-20-12-4/h29-32H,9-28H2,1-8H3. The summed E-state index contributed by atoms with van der Waals surface area (Å²) in [5.74, 6) is 2.51. The van der Waals surface area contributed by atoms with E-state index >= 15 is 0 Å². The molecule has 0 saturated heterocycles. The molecular weight excluding hydrogens is 440 g/mol. The van der Waals surface area contributed by atoms with Gasteiger partial charge in [-0.25, -0.2) is 4.79 Å². The Hall–Kier alpha value is -0.730. The van der Waals surface area contributed by atoms with Crippen molar-refractivity contribution in [2.24, 2.45) is 23.7 Å². The molecule has 0 aromatic rings. The Labute approximate surface area is 228 Å². The van der Waals surface area contributed by atoms with Gasteiger partial charge in [-0.3, -0.25) is 0 Å². The third-order valence-electron chi connectivity index (χ3n) is 8.63. The van der Waals surface area contributed by atoms with Crippen LogP contribution in [-0.2, 0) is 0 Å². The summed E-state index contributed by atoms with van der Waals surface area (Å²) >= 11 is 0. The molecule has 0 saturated carbocycles. The fourth-order valence-corrected chi connectivity index (χ4v) is 5.58. The second kappa shape index (κ2) is 23.4. The van der Waals surface area contributed by atoms with E-state index in [0.29, 0.717) is 29.7 Å². The Kier molecular flexibility index (Phi) is 22.9. The highest BCUT2D eigenvalue weighted by molar-refractivity contribution is 5.74. The second-order valence-corrected chi connectivity index (χ2v) is 11.8. The molecule has 216 valence electrons. The number of nitrogens with zero attached hydrogens (tertiary/aromatic N) is 2. The molecule has 0 aliphatic heterocycles. The summed E-state index contributed by atoms with van der Waals surface area (Å²) in [6.07, 6.45) is 19.8. The molecule has 0 heterocycles. The average Bonchev–Trinajstić information content (AvgIpc) is 2.90. The zero-order valence-corrected chi connectivity index (χ0v) is 26.3. The summed E-state index contributed by atoms with van der Waals surface area (Å²) in [6, 6.07) is 0.352. The molecule has 4 unspecified atom stereocenters. The SMILES string of the molecule is CCCCC(CC)CN(CC(CC)CCCC)C(=O)N(CC(CC)CCCC)CC(CC)CCCC. The van der Waals surface area contributed by atoms with Gasteiger partial charge in [-0.1, -0.05) is 132 Å². The molecule has 0 aliphatic carbocycles. The van der Waals surface area contributed by atoms with Crippen LogP contribution in [0.2, 0.25) is 0 Å². The van der Waals surface area contributed by atoms with Gasteiger partial charge in [0.1, 0.15) is 0 Å². The van der Waals surface area contributed by atoms with Gasteiger partial charge in [-0.2, -0.15) is 0 Å². The maximum atomic E-state index is 14.4. The van der Waals surface area contributed by atoms with Crippen molar-refractivity contribution in [3.63, 3.8) is 0 Å². The molecule has 0 N–H and O–H groups in total. The fourth-order valence-electron chi connectivity index (χ4n) is 5.58. The van der Waals surface area contributed by atoms with E-state index < -0.39 is 0 Å². The van der Waals surface area contributed by atoms with Gasteiger partial charge in [0.25, 0.3) is 0 Å². The number of carbonyl (C=O) groups is 1. The van der Waals surface area contributed by atoms with Crippen molar-refractivity contribution in [1.82, 2.24) is 9.80 Å². The molecule has 0 radical (unpaired) electrons. The lowest BCUT2D eigenvalue weighted by atomic mass is 9.94. The van der Waals surface area contributed by atoms with E-state index in [9.17, 15) is 4.79 Å². The first-order chi connectivity index (χ1) is 17.4. The van der Waals surface area contributed by atoms with Crippen molar-refractivity contribution in [2.45, 2.75) is 158 Å².